The molecule has 1 fully saturated rings. The molecule has 1 heterocycles. The Morgan fingerprint density at radius 2 is 1.90 bits per heavy atom. The molecule has 0 radical (unpaired) electrons. The van der Waals surface area contributed by atoms with Crippen LogP contribution >= 0.6 is 0 Å². The number of nitrogens with two attached hydrogens (primary N) is 1. The van der Waals surface area contributed by atoms with Crippen LogP contribution in [-0.2, 0) is 6.42 Å². The van der Waals surface area contributed by atoms with Crippen molar-refractivity contribution in [2.24, 2.45) is 11.8 Å². The van der Waals surface area contributed by atoms with Gasteiger partial charge in [-0.3, -0.25) is 0 Å². The van der Waals surface area contributed by atoms with E-state index in [1.54, 1.807) is 0 Å². The van der Waals surface area contributed by atoms with Crippen LogP contribution in [0.1, 0.15) is 51.9 Å². The summed E-state index contributed by atoms with van der Waals surface area (Å²) in [6.45, 7) is 6.95. The van der Waals surface area contributed by atoms with E-state index in [9.17, 15) is 0 Å². The Kier molecular flexibility index (Phi) is 3.45. The molecular formula is C17H25N3. The number of nitrogens with zero attached hydrogens (tertiary/aromatic N) is 2. The quantitative estimate of drug-likeness (QED) is 0.833. The molecule has 2 aromatic rings. The molecule has 2 atom stereocenters. The van der Waals surface area contributed by atoms with Crippen LogP contribution in [0, 0.1) is 11.8 Å². The van der Waals surface area contributed by atoms with Crippen LogP contribution in [0.3, 0.4) is 0 Å². The van der Waals surface area contributed by atoms with Crippen molar-refractivity contribution in [3.8, 4) is 0 Å². The highest BCUT2D eigenvalue weighted by Crippen LogP contribution is 2.38. The third kappa shape index (κ3) is 2.30. The number of aryl methyl sites for hydroxylation is 1. The van der Waals surface area contributed by atoms with Gasteiger partial charge in [0.1, 0.15) is 5.82 Å². The van der Waals surface area contributed by atoms with Crippen LogP contribution in [0.4, 0.5) is 5.69 Å². The molecular weight excluding hydrogens is 246 g/mol. The fourth-order valence-electron chi connectivity index (χ4n) is 3.94. The van der Waals surface area contributed by atoms with Crippen LogP contribution in [0.15, 0.2) is 18.2 Å². The molecule has 0 bridgehead atoms. The molecule has 3 rings (SSSR count). The second-order valence-corrected chi connectivity index (χ2v) is 6.57. The Hall–Kier alpha value is -1.51. The van der Waals surface area contributed by atoms with Crippen LogP contribution in [-0.4, -0.2) is 9.55 Å². The summed E-state index contributed by atoms with van der Waals surface area (Å²) in [4.78, 5) is 4.80. The van der Waals surface area contributed by atoms with Crippen LogP contribution in [0.2, 0.25) is 0 Å². The molecule has 1 aliphatic rings. The lowest BCUT2D eigenvalue weighted by molar-refractivity contribution is 0.222. The first-order chi connectivity index (χ1) is 9.58. The topological polar surface area (TPSA) is 43.8 Å². The summed E-state index contributed by atoms with van der Waals surface area (Å²) in [5.41, 5.74) is 9.00. The number of nitrogen functional groups attached to an aromatic ring is 1. The van der Waals surface area contributed by atoms with E-state index < -0.39 is 0 Å². The van der Waals surface area contributed by atoms with Gasteiger partial charge < -0.3 is 10.3 Å². The third-order valence-electron chi connectivity index (χ3n) is 4.62. The van der Waals surface area contributed by atoms with Crippen molar-refractivity contribution in [3.63, 3.8) is 0 Å². The zero-order valence-corrected chi connectivity index (χ0v) is 12.8. The van der Waals surface area contributed by atoms with Gasteiger partial charge in [0.2, 0.25) is 0 Å². The lowest BCUT2D eigenvalue weighted by Gasteiger charge is -2.33. The predicted octanol–water partition coefficient (Wildman–Crippen LogP) is 4.18. The number of benzene rings is 1. The Balaban J connectivity index is 2.09. The van der Waals surface area contributed by atoms with Crippen LogP contribution in [0.5, 0.6) is 0 Å². The van der Waals surface area contributed by atoms with Gasteiger partial charge in [-0.25, -0.2) is 4.98 Å². The third-order valence-corrected chi connectivity index (χ3v) is 4.62. The number of hydrogen-bond donors (Lipinski definition) is 1. The van der Waals surface area contributed by atoms with Crippen molar-refractivity contribution >= 4 is 16.7 Å². The Morgan fingerprint density at radius 1 is 1.20 bits per heavy atom. The molecule has 0 spiro atoms. The van der Waals surface area contributed by atoms with E-state index in [0.29, 0.717) is 6.04 Å². The molecule has 2 unspecified atom stereocenters. The Labute approximate surface area is 121 Å². The van der Waals surface area contributed by atoms with E-state index >= 15 is 0 Å². The van der Waals surface area contributed by atoms with Crippen molar-refractivity contribution in [2.45, 2.75) is 52.5 Å². The summed E-state index contributed by atoms with van der Waals surface area (Å²) < 4.78 is 2.49. The maximum absolute atomic E-state index is 5.90. The van der Waals surface area contributed by atoms with Gasteiger partial charge in [0.05, 0.1) is 11.0 Å². The SMILES string of the molecule is CCc1nc2cc(N)ccc2n1C1CC(C)CC(C)C1. The largest absolute Gasteiger partial charge is 0.399 e. The number of fused-ring (bicyclic) bond motifs is 1. The van der Waals surface area contributed by atoms with Crippen LogP contribution in [0.25, 0.3) is 11.0 Å². The highest BCUT2D eigenvalue weighted by Gasteiger charge is 2.27. The predicted molar refractivity (Wildman–Crippen MR) is 84.7 cm³/mol. The first kappa shape index (κ1) is 13.5. The second-order valence-electron chi connectivity index (χ2n) is 6.57. The van der Waals surface area contributed by atoms with Crippen LogP contribution < -0.4 is 5.73 Å². The minimum absolute atomic E-state index is 0.595. The van der Waals surface area contributed by atoms with Gasteiger partial charge in [-0.2, -0.15) is 0 Å². The monoisotopic (exact) mass is 271 g/mol. The zero-order chi connectivity index (χ0) is 14.3. The van der Waals surface area contributed by atoms with Crippen molar-refractivity contribution in [3.05, 3.63) is 24.0 Å². The average molecular weight is 271 g/mol. The summed E-state index contributed by atoms with van der Waals surface area (Å²) in [7, 11) is 0. The van der Waals surface area contributed by atoms with E-state index in [-0.39, 0.29) is 0 Å². The van der Waals surface area contributed by atoms with Gasteiger partial charge in [-0.15, -0.1) is 0 Å². The summed E-state index contributed by atoms with van der Waals surface area (Å²) in [6, 6.07) is 6.73. The highest BCUT2D eigenvalue weighted by atomic mass is 15.1. The average Bonchev–Trinajstić information content (AvgIpc) is 2.74. The normalized spacial score (nSPS) is 27.1. The molecule has 2 N–H and O–H groups in total. The van der Waals surface area contributed by atoms with Gasteiger partial charge in [0.25, 0.3) is 0 Å². The molecule has 3 nitrogen and oxygen atoms in total. The molecule has 1 aromatic heterocycles. The first-order valence-corrected chi connectivity index (χ1v) is 7.84. The fraction of sp³-hybridized carbons (Fsp3) is 0.588. The molecule has 0 amide bonds. The van der Waals surface area contributed by atoms with E-state index in [4.69, 9.17) is 10.7 Å². The minimum atomic E-state index is 0.595. The second kappa shape index (κ2) is 5.12. The van der Waals surface area contributed by atoms with Gasteiger partial charge >= 0.3 is 0 Å². The van der Waals surface area contributed by atoms with Gasteiger partial charge in [0, 0.05) is 18.2 Å². The lowest BCUT2D eigenvalue weighted by atomic mass is 9.80. The van der Waals surface area contributed by atoms with Crippen molar-refractivity contribution in [1.29, 1.82) is 0 Å². The molecule has 3 heteroatoms. The van der Waals surface area contributed by atoms with Crippen molar-refractivity contribution < 1.29 is 0 Å². The molecule has 0 saturated heterocycles. The Bertz CT molecular complexity index is 604. The number of aromatic nitrogens is 2. The maximum atomic E-state index is 5.90. The first-order valence-electron chi connectivity index (χ1n) is 7.84. The van der Waals surface area contributed by atoms with Crippen molar-refractivity contribution in [1.82, 2.24) is 9.55 Å². The van der Waals surface area contributed by atoms with Gasteiger partial charge in [0.15, 0.2) is 0 Å². The van der Waals surface area contributed by atoms with E-state index in [1.807, 2.05) is 12.1 Å². The number of rotatable bonds is 2. The molecule has 0 aliphatic heterocycles. The Morgan fingerprint density at radius 3 is 2.55 bits per heavy atom. The van der Waals surface area contributed by atoms with E-state index in [1.165, 1.54) is 30.6 Å². The zero-order valence-electron chi connectivity index (χ0n) is 12.8. The minimum Gasteiger partial charge on any atom is -0.399 e. The summed E-state index contributed by atoms with van der Waals surface area (Å²) >= 11 is 0. The molecule has 20 heavy (non-hydrogen) atoms. The van der Waals surface area contributed by atoms with Gasteiger partial charge in [-0.1, -0.05) is 20.8 Å². The molecule has 1 aliphatic carbocycles. The summed E-state index contributed by atoms with van der Waals surface area (Å²) in [5.74, 6) is 2.82. The molecule has 108 valence electrons. The molecule has 1 saturated carbocycles. The fourth-order valence-corrected chi connectivity index (χ4v) is 3.94. The lowest BCUT2D eigenvalue weighted by Crippen LogP contribution is -2.23. The van der Waals surface area contributed by atoms with Crippen molar-refractivity contribution in [2.75, 3.05) is 5.73 Å². The number of imidazole rings is 1. The van der Waals surface area contributed by atoms with E-state index in [0.717, 1.165) is 29.5 Å². The highest BCUT2D eigenvalue weighted by molar-refractivity contribution is 5.79. The number of anilines is 1. The summed E-state index contributed by atoms with van der Waals surface area (Å²) in [6.07, 6.45) is 4.88. The van der Waals surface area contributed by atoms with Gasteiger partial charge in [-0.05, 0) is 49.3 Å². The molecule has 1 aromatic carbocycles. The summed E-state index contributed by atoms with van der Waals surface area (Å²) in [5, 5.41) is 0. The standard InChI is InChI=1S/C17H25N3/c1-4-17-19-15-10-13(18)5-6-16(15)20(17)14-8-11(2)7-12(3)9-14/h5-6,10-12,14H,4,7-9,18H2,1-3H3. The maximum Gasteiger partial charge on any atom is 0.109 e. The smallest absolute Gasteiger partial charge is 0.109 e. The van der Waals surface area contributed by atoms with E-state index in [2.05, 4.69) is 31.4 Å². The number of hydrogen-bond acceptors (Lipinski definition) is 2.